The highest BCUT2D eigenvalue weighted by Crippen LogP contribution is 2.67. The predicted octanol–water partition coefficient (Wildman–Crippen LogP) is 1.78. The zero-order valence-electron chi connectivity index (χ0n) is 15.7. The molecule has 0 amide bonds. The van der Waals surface area contributed by atoms with E-state index < -0.39 is 29.5 Å². The summed E-state index contributed by atoms with van der Waals surface area (Å²) in [6, 6.07) is 0. The van der Waals surface area contributed by atoms with Crippen LogP contribution in [0.3, 0.4) is 0 Å². The topological polar surface area (TPSA) is 94.8 Å². The molecule has 3 saturated carbocycles. The van der Waals surface area contributed by atoms with E-state index in [1.165, 1.54) is 5.57 Å². The molecular formula is C21H30O5. The lowest BCUT2D eigenvalue weighted by Gasteiger charge is -2.59. The minimum absolute atomic E-state index is 0.0143. The molecule has 0 aromatic rings. The van der Waals surface area contributed by atoms with Gasteiger partial charge in [0.25, 0.3) is 0 Å². The van der Waals surface area contributed by atoms with Crippen molar-refractivity contribution in [2.24, 2.45) is 28.6 Å². The number of hydrogen-bond acceptors (Lipinski definition) is 5. The van der Waals surface area contributed by atoms with Gasteiger partial charge in [-0.25, -0.2) is 0 Å². The van der Waals surface area contributed by atoms with Crippen LogP contribution in [0.2, 0.25) is 0 Å². The fraction of sp³-hybridized carbons (Fsp3) is 0.810. The number of hydrogen-bond donors (Lipinski definition) is 3. The molecule has 5 heteroatoms. The molecule has 0 radical (unpaired) electrons. The van der Waals surface area contributed by atoms with E-state index in [0.29, 0.717) is 18.8 Å². The van der Waals surface area contributed by atoms with E-state index >= 15 is 0 Å². The lowest BCUT2D eigenvalue weighted by molar-refractivity contribution is -0.165. The summed E-state index contributed by atoms with van der Waals surface area (Å²) in [6.45, 7) is 3.50. The van der Waals surface area contributed by atoms with Crippen molar-refractivity contribution in [1.29, 1.82) is 0 Å². The second-order valence-corrected chi connectivity index (χ2v) is 9.56. The molecule has 7 atom stereocenters. The minimum Gasteiger partial charge on any atom is -0.393 e. The maximum absolute atomic E-state index is 12.4. The molecule has 0 aromatic heterocycles. The molecule has 0 spiro atoms. The van der Waals surface area contributed by atoms with Gasteiger partial charge in [0.15, 0.2) is 11.6 Å². The van der Waals surface area contributed by atoms with Crippen LogP contribution in [0.1, 0.15) is 58.8 Å². The molecule has 4 aliphatic rings. The Morgan fingerprint density at radius 1 is 1.23 bits per heavy atom. The van der Waals surface area contributed by atoms with Gasteiger partial charge in [-0.05, 0) is 61.3 Å². The number of Topliss-reactive ketones (excluding diaryl/α,β-unsaturated/α-hetero) is 1. The van der Waals surface area contributed by atoms with Crippen molar-refractivity contribution in [3.8, 4) is 0 Å². The lowest BCUT2D eigenvalue weighted by Crippen LogP contribution is -2.58. The summed E-state index contributed by atoms with van der Waals surface area (Å²) in [5.74, 6) is 0.124. The minimum atomic E-state index is -1.64. The first-order valence-corrected chi connectivity index (χ1v) is 9.96. The van der Waals surface area contributed by atoms with Crippen LogP contribution in [-0.4, -0.2) is 45.2 Å². The maximum atomic E-state index is 12.4. The predicted molar refractivity (Wildman–Crippen MR) is 95.1 cm³/mol. The molecule has 0 bridgehead atoms. The SMILES string of the molecule is C[C@]12CCC(=O)C=C1CC[C@H]1[C@@H]3[C@@H](O)C[C@](O)(C(=O)CO)[C@@]3(C)CC[C@@H]12. The monoisotopic (exact) mass is 362 g/mol. The number of rotatable bonds is 2. The molecule has 0 aliphatic heterocycles. The molecule has 4 aliphatic carbocycles. The molecule has 3 fully saturated rings. The van der Waals surface area contributed by atoms with E-state index in [4.69, 9.17) is 0 Å². The van der Waals surface area contributed by atoms with E-state index in [2.05, 4.69) is 6.92 Å². The zero-order valence-corrected chi connectivity index (χ0v) is 15.7. The smallest absolute Gasteiger partial charge is 0.190 e. The van der Waals surface area contributed by atoms with Crippen LogP contribution < -0.4 is 0 Å². The third-order valence-electron chi connectivity index (χ3n) is 8.68. The second kappa shape index (κ2) is 5.73. The third-order valence-corrected chi connectivity index (χ3v) is 8.68. The summed E-state index contributed by atoms with van der Waals surface area (Å²) in [5.41, 5.74) is -1.10. The van der Waals surface area contributed by atoms with Crippen LogP contribution in [-0.2, 0) is 9.59 Å². The average Bonchev–Trinajstić information content (AvgIpc) is 2.81. The molecule has 0 aromatic carbocycles. The fourth-order valence-electron chi connectivity index (χ4n) is 7.23. The summed E-state index contributed by atoms with van der Waals surface area (Å²) in [4.78, 5) is 24.3. The zero-order chi connectivity index (χ0) is 18.9. The Labute approximate surface area is 154 Å². The standard InChI is InChI=1S/C21H30O5/c1-19-7-5-13(23)9-12(19)3-4-14-15(19)6-8-20(2)18(14)16(24)10-21(20,26)17(25)11-22/h9,14-16,18,22,24,26H,3-8,10-11H2,1-2H3/t14-,15+,16+,18-,19+,20+,21+/m1/s1. The highest BCUT2D eigenvalue weighted by Gasteiger charge is 2.69. The first-order chi connectivity index (χ1) is 12.2. The van der Waals surface area contributed by atoms with E-state index in [0.717, 1.165) is 25.7 Å². The van der Waals surface area contributed by atoms with Gasteiger partial charge in [0.05, 0.1) is 6.10 Å². The van der Waals surface area contributed by atoms with Crippen molar-refractivity contribution in [2.45, 2.75) is 70.5 Å². The third kappa shape index (κ3) is 2.14. The van der Waals surface area contributed by atoms with Crippen LogP contribution in [0, 0.1) is 28.6 Å². The highest BCUT2D eigenvalue weighted by atomic mass is 16.3. The molecule has 26 heavy (non-hydrogen) atoms. The number of carbonyl (C=O) groups excluding carboxylic acids is 2. The quantitative estimate of drug-likeness (QED) is 0.696. The summed E-state index contributed by atoms with van der Waals surface area (Å²) in [7, 11) is 0. The van der Waals surface area contributed by atoms with Crippen molar-refractivity contribution in [3.63, 3.8) is 0 Å². The van der Waals surface area contributed by atoms with Crippen molar-refractivity contribution in [1.82, 2.24) is 0 Å². The van der Waals surface area contributed by atoms with Gasteiger partial charge in [-0.3, -0.25) is 9.59 Å². The number of allylic oxidation sites excluding steroid dienone is 1. The van der Waals surface area contributed by atoms with Gasteiger partial charge >= 0.3 is 0 Å². The van der Waals surface area contributed by atoms with Crippen LogP contribution in [0.5, 0.6) is 0 Å². The fourth-order valence-corrected chi connectivity index (χ4v) is 7.23. The normalized spacial score (nSPS) is 50.5. The summed E-state index contributed by atoms with van der Waals surface area (Å²) in [5, 5.41) is 31.4. The number of aliphatic hydroxyl groups is 3. The molecule has 5 nitrogen and oxygen atoms in total. The highest BCUT2D eigenvalue weighted by molar-refractivity contribution is 5.91. The maximum Gasteiger partial charge on any atom is 0.190 e. The van der Waals surface area contributed by atoms with Crippen LogP contribution in [0.15, 0.2) is 11.6 Å². The van der Waals surface area contributed by atoms with E-state index in [1.807, 2.05) is 13.0 Å². The molecule has 0 saturated heterocycles. The first kappa shape index (κ1) is 18.3. The van der Waals surface area contributed by atoms with Gasteiger partial charge in [-0.1, -0.05) is 19.4 Å². The van der Waals surface area contributed by atoms with Gasteiger partial charge in [-0.2, -0.15) is 0 Å². The second-order valence-electron chi connectivity index (χ2n) is 9.56. The van der Waals surface area contributed by atoms with Crippen molar-refractivity contribution in [2.75, 3.05) is 6.61 Å². The Morgan fingerprint density at radius 2 is 1.96 bits per heavy atom. The van der Waals surface area contributed by atoms with Gasteiger partial charge in [0.2, 0.25) is 0 Å². The number of aliphatic hydroxyl groups excluding tert-OH is 2. The van der Waals surface area contributed by atoms with Crippen LogP contribution in [0.25, 0.3) is 0 Å². The van der Waals surface area contributed by atoms with Crippen molar-refractivity contribution >= 4 is 11.6 Å². The lowest BCUT2D eigenvalue weighted by atomic mass is 9.46. The number of carbonyl (C=O) groups is 2. The average molecular weight is 362 g/mol. The van der Waals surface area contributed by atoms with Crippen molar-refractivity contribution in [3.05, 3.63) is 11.6 Å². The van der Waals surface area contributed by atoms with Gasteiger partial charge in [-0.15, -0.1) is 0 Å². The van der Waals surface area contributed by atoms with E-state index in [9.17, 15) is 24.9 Å². The Bertz CT molecular complexity index is 684. The van der Waals surface area contributed by atoms with Crippen LogP contribution >= 0.6 is 0 Å². The molecule has 3 N–H and O–H groups in total. The first-order valence-electron chi connectivity index (χ1n) is 9.96. The molecule has 144 valence electrons. The molecular weight excluding hydrogens is 332 g/mol. The largest absolute Gasteiger partial charge is 0.393 e. The van der Waals surface area contributed by atoms with E-state index in [1.54, 1.807) is 0 Å². The molecule has 0 heterocycles. The summed E-state index contributed by atoms with van der Waals surface area (Å²) in [6.07, 6.45) is 5.88. The summed E-state index contributed by atoms with van der Waals surface area (Å²) < 4.78 is 0. The van der Waals surface area contributed by atoms with Gasteiger partial charge in [0.1, 0.15) is 12.2 Å². The van der Waals surface area contributed by atoms with E-state index in [-0.39, 0.29) is 29.5 Å². The Morgan fingerprint density at radius 3 is 2.65 bits per heavy atom. The number of fused-ring (bicyclic) bond motifs is 5. The van der Waals surface area contributed by atoms with Gasteiger partial charge < -0.3 is 15.3 Å². The van der Waals surface area contributed by atoms with Crippen LogP contribution in [0.4, 0.5) is 0 Å². The Balaban J connectivity index is 1.72. The van der Waals surface area contributed by atoms with Crippen molar-refractivity contribution < 1.29 is 24.9 Å². The Kier molecular flexibility index (Phi) is 4.04. The molecule has 4 rings (SSSR count). The Hall–Kier alpha value is -1.04. The number of ketones is 2. The summed E-state index contributed by atoms with van der Waals surface area (Å²) >= 11 is 0. The molecule has 0 unspecified atom stereocenters. The van der Waals surface area contributed by atoms with Gasteiger partial charge in [0, 0.05) is 18.3 Å².